The van der Waals surface area contributed by atoms with Crippen molar-refractivity contribution in [1.29, 1.82) is 0 Å². The van der Waals surface area contributed by atoms with Gasteiger partial charge in [-0.2, -0.15) is 4.98 Å². The van der Waals surface area contributed by atoms with Gasteiger partial charge in [0.15, 0.2) is 0 Å². The number of pyridine rings is 1. The smallest absolute Gasteiger partial charge is 0.238 e. The molecule has 0 bridgehead atoms. The summed E-state index contributed by atoms with van der Waals surface area (Å²) in [6, 6.07) is 3.83. The number of aromatic nitrogens is 3. The van der Waals surface area contributed by atoms with Gasteiger partial charge in [0.2, 0.25) is 5.88 Å². The zero-order chi connectivity index (χ0) is 13.0. The molecule has 0 aliphatic carbocycles. The van der Waals surface area contributed by atoms with E-state index in [4.69, 9.17) is 10.5 Å². The zero-order valence-electron chi connectivity index (χ0n) is 10.5. The Balaban J connectivity index is 2.00. The SMILES string of the molecule is COc1nc(NC(C)Cn2ccnc2)ccc1N. The van der Waals surface area contributed by atoms with Crippen LogP contribution in [0.25, 0.3) is 0 Å². The molecule has 0 aromatic carbocycles. The van der Waals surface area contributed by atoms with E-state index in [0.717, 1.165) is 12.4 Å². The summed E-state index contributed by atoms with van der Waals surface area (Å²) in [4.78, 5) is 8.28. The Bertz CT molecular complexity index is 497. The number of methoxy groups -OCH3 is 1. The van der Waals surface area contributed by atoms with E-state index in [0.29, 0.717) is 11.6 Å². The van der Waals surface area contributed by atoms with Gasteiger partial charge < -0.3 is 20.4 Å². The minimum atomic E-state index is 0.222. The molecule has 0 aliphatic rings. The fourth-order valence-electron chi connectivity index (χ4n) is 1.70. The summed E-state index contributed by atoms with van der Waals surface area (Å²) in [5.41, 5.74) is 6.25. The Labute approximate surface area is 106 Å². The molecule has 0 amide bonds. The van der Waals surface area contributed by atoms with Gasteiger partial charge in [0, 0.05) is 25.0 Å². The van der Waals surface area contributed by atoms with E-state index in [9.17, 15) is 0 Å². The maximum Gasteiger partial charge on any atom is 0.238 e. The van der Waals surface area contributed by atoms with Crippen LogP contribution in [0.15, 0.2) is 30.9 Å². The standard InChI is InChI=1S/C12H17N5O/c1-9(7-17-6-5-14-8-17)15-11-4-3-10(13)12(16-11)18-2/h3-6,8-9H,7,13H2,1-2H3,(H,15,16). The molecular weight excluding hydrogens is 230 g/mol. The number of imidazole rings is 1. The summed E-state index contributed by atoms with van der Waals surface area (Å²) in [6.07, 6.45) is 5.47. The molecule has 96 valence electrons. The van der Waals surface area contributed by atoms with Crippen LogP contribution in [0.1, 0.15) is 6.92 Å². The summed E-state index contributed by atoms with van der Waals surface area (Å²) in [5.74, 6) is 1.18. The number of nitrogens with one attached hydrogen (secondary N) is 1. The third-order valence-corrected chi connectivity index (χ3v) is 2.52. The molecule has 18 heavy (non-hydrogen) atoms. The molecule has 2 aromatic heterocycles. The second-order valence-corrected chi connectivity index (χ2v) is 4.10. The fourth-order valence-corrected chi connectivity index (χ4v) is 1.70. The van der Waals surface area contributed by atoms with E-state index >= 15 is 0 Å². The molecule has 6 nitrogen and oxygen atoms in total. The highest BCUT2D eigenvalue weighted by Gasteiger charge is 2.06. The van der Waals surface area contributed by atoms with Crippen molar-refractivity contribution in [3.63, 3.8) is 0 Å². The van der Waals surface area contributed by atoms with Crippen molar-refractivity contribution in [2.24, 2.45) is 0 Å². The number of nitrogens with two attached hydrogens (primary N) is 1. The predicted octanol–water partition coefficient (Wildman–Crippen LogP) is 1.37. The molecule has 2 heterocycles. The van der Waals surface area contributed by atoms with E-state index in [-0.39, 0.29) is 6.04 Å². The van der Waals surface area contributed by atoms with Crippen LogP contribution in [-0.2, 0) is 6.54 Å². The van der Waals surface area contributed by atoms with Crippen LogP contribution in [-0.4, -0.2) is 27.7 Å². The first-order valence-corrected chi connectivity index (χ1v) is 5.72. The molecule has 2 aromatic rings. The van der Waals surface area contributed by atoms with Crippen molar-refractivity contribution in [2.75, 3.05) is 18.2 Å². The summed E-state index contributed by atoms with van der Waals surface area (Å²) in [6.45, 7) is 2.89. The van der Waals surface area contributed by atoms with Crippen LogP contribution in [0.2, 0.25) is 0 Å². The van der Waals surface area contributed by atoms with Gasteiger partial charge in [-0.25, -0.2) is 4.98 Å². The Morgan fingerprint density at radius 1 is 1.50 bits per heavy atom. The van der Waals surface area contributed by atoms with E-state index in [1.165, 1.54) is 0 Å². The summed E-state index contributed by atoms with van der Waals surface area (Å²) < 4.78 is 7.09. The average Bonchev–Trinajstić information content (AvgIpc) is 2.84. The van der Waals surface area contributed by atoms with Crippen LogP contribution in [0.3, 0.4) is 0 Å². The molecule has 2 rings (SSSR count). The topological polar surface area (TPSA) is 78.0 Å². The minimum Gasteiger partial charge on any atom is -0.479 e. The molecule has 0 radical (unpaired) electrons. The number of hydrogen-bond acceptors (Lipinski definition) is 5. The number of nitrogen functional groups attached to an aromatic ring is 1. The van der Waals surface area contributed by atoms with Crippen molar-refractivity contribution in [2.45, 2.75) is 19.5 Å². The lowest BCUT2D eigenvalue weighted by Gasteiger charge is -2.15. The van der Waals surface area contributed by atoms with Crippen LogP contribution in [0.4, 0.5) is 11.5 Å². The van der Waals surface area contributed by atoms with Crippen molar-refractivity contribution in [1.82, 2.24) is 14.5 Å². The third-order valence-electron chi connectivity index (χ3n) is 2.52. The number of anilines is 2. The highest BCUT2D eigenvalue weighted by atomic mass is 16.5. The van der Waals surface area contributed by atoms with Crippen LogP contribution in [0, 0.1) is 0 Å². The number of ether oxygens (including phenoxy) is 1. The van der Waals surface area contributed by atoms with E-state index in [1.807, 2.05) is 16.8 Å². The Kier molecular flexibility index (Phi) is 3.66. The minimum absolute atomic E-state index is 0.222. The van der Waals surface area contributed by atoms with Crippen LogP contribution < -0.4 is 15.8 Å². The summed E-state index contributed by atoms with van der Waals surface area (Å²) in [7, 11) is 1.55. The van der Waals surface area contributed by atoms with Gasteiger partial charge in [0.25, 0.3) is 0 Å². The zero-order valence-corrected chi connectivity index (χ0v) is 10.5. The molecule has 1 atom stereocenters. The number of rotatable bonds is 5. The van der Waals surface area contributed by atoms with Crippen molar-refractivity contribution in [3.05, 3.63) is 30.9 Å². The van der Waals surface area contributed by atoms with Gasteiger partial charge in [-0.05, 0) is 19.1 Å². The molecule has 1 unspecified atom stereocenters. The van der Waals surface area contributed by atoms with Gasteiger partial charge in [-0.1, -0.05) is 0 Å². The van der Waals surface area contributed by atoms with Gasteiger partial charge in [-0.15, -0.1) is 0 Å². The number of nitrogens with zero attached hydrogens (tertiary/aromatic N) is 3. The van der Waals surface area contributed by atoms with Gasteiger partial charge in [-0.3, -0.25) is 0 Å². The Hall–Kier alpha value is -2.24. The van der Waals surface area contributed by atoms with Gasteiger partial charge >= 0.3 is 0 Å². The maximum atomic E-state index is 5.71. The number of hydrogen-bond donors (Lipinski definition) is 2. The first-order valence-electron chi connectivity index (χ1n) is 5.72. The van der Waals surface area contributed by atoms with Crippen molar-refractivity contribution < 1.29 is 4.74 Å². The lowest BCUT2D eigenvalue weighted by molar-refractivity contribution is 0.400. The quantitative estimate of drug-likeness (QED) is 0.834. The first-order chi connectivity index (χ1) is 8.69. The van der Waals surface area contributed by atoms with E-state index in [2.05, 4.69) is 22.2 Å². The summed E-state index contributed by atoms with van der Waals surface area (Å²) >= 11 is 0. The Morgan fingerprint density at radius 3 is 3.00 bits per heavy atom. The largest absolute Gasteiger partial charge is 0.479 e. The monoisotopic (exact) mass is 247 g/mol. The van der Waals surface area contributed by atoms with Crippen molar-refractivity contribution in [3.8, 4) is 5.88 Å². The molecule has 0 saturated carbocycles. The molecule has 3 N–H and O–H groups in total. The molecule has 0 fully saturated rings. The van der Waals surface area contributed by atoms with Crippen LogP contribution in [0.5, 0.6) is 5.88 Å². The van der Waals surface area contributed by atoms with E-state index in [1.54, 1.807) is 25.7 Å². The lowest BCUT2D eigenvalue weighted by atomic mass is 10.3. The molecule has 0 spiro atoms. The molecule has 0 aliphatic heterocycles. The fraction of sp³-hybridized carbons (Fsp3) is 0.333. The first kappa shape index (κ1) is 12.2. The lowest BCUT2D eigenvalue weighted by Crippen LogP contribution is -2.22. The third kappa shape index (κ3) is 2.91. The maximum absolute atomic E-state index is 5.71. The predicted molar refractivity (Wildman–Crippen MR) is 70.5 cm³/mol. The second-order valence-electron chi connectivity index (χ2n) is 4.10. The van der Waals surface area contributed by atoms with E-state index < -0.39 is 0 Å². The second kappa shape index (κ2) is 5.39. The summed E-state index contributed by atoms with van der Waals surface area (Å²) in [5, 5.41) is 3.29. The van der Waals surface area contributed by atoms with Crippen molar-refractivity contribution >= 4 is 11.5 Å². The molecular formula is C12H17N5O. The molecule has 6 heteroatoms. The molecule has 0 saturated heterocycles. The highest BCUT2D eigenvalue weighted by Crippen LogP contribution is 2.20. The average molecular weight is 247 g/mol. The van der Waals surface area contributed by atoms with Gasteiger partial charge in [0.05, 0.1) is 19.1 Å². The Morgan fingerprint density at radius 2 is 2.33 bits per heavy atom. The normalized spacial score (nSPS) is 12.1. The highest BCUT2D eigenvalue weighted by molar-refractivity contribution is 5.53. The van der Waals surface area contributed by atoms with Crippen LogP contribution >= 0.6 is 0 Å². The van der Waals surface area contributed by atoms with Gasteiger partial charge in [0.1, 0.15) is 5.82 Å².